The number of halogens is 1. The van der Waals surface area contributed by atoms with Gasteiger partial charge in [0.2, 0.25) is 0 Å². The van der Waals surface area contributed by atoms with E-state index in [1.165, 1.54) is 0 Å². The van der Waals surface area contributed by atoms with Crippen molar-refractivity contribution in [1.82, 2.24) is 0 Å². The molecule has 0 spiro atoms. The molecule has 0 saturated carbocycles. The average Bonchev–Trinajstić information content (AvgIpc) is 2.37. The highest BCUT2D eigenvalue weighted by Crippen LogP contribution is 2.34. The Morgan fingerprint density at radius 3 is 2.75 bits per heavy atom. The second kappa shape index (κ2) is 5.83. The summed E-state index contributed by atoms with van der Waals surface area (Å²) in [5, 5.41) is 9.47. The molecule has 0 bridgehead atoms. The van der Waals surface area contributed by atoms with Gasteiger partial charge in [-0.15, -0.1) is 0 Å². The number of carbonyl (C=O) groups excluding carboxylic acids is 1. The molecule has 1 amide bonds. The van der Waals surface area contributed by atoms with Crippen LogP contribution < -0.4 is 10.6 Å². The van der Waals surface area contributed by atoms with Crippen LogP contribution in [-0.2, 0) is 4.79 Å². The number of carbonyl (C=O) groups is 2. The van der Waals surface area contributed by atoms with Crippen LogP contribution in [0.1, 0.15) is 30.1 Å². The lowest BCUT2D eigenvalue weighted by Gasteiger charge is -2.39. The molecule has 1 aromatic carbocycles. The smallest absolute Gasteiger partial charge is 0.326 e. The highest BCUT2D eigenvalue weighted by molar-refractivity contribution is 9.10. The third kappa shape index (κ3) is 2.65. The Hall–Kier alpha value is -1.56. The largest absolute Gasteiger partial charge is 0.480 e. The number of carboxylic acids is 1. The van der Waals surface area contributed by atoms with Gasteiger partial charge >= 0.3 is 5.97 Å². The van der Waals surface area contributed by atoms with Gasteiger partial charge in [-0.2, -0.15) is 0 Å². The van der Waals surface area contributed by atoms with Gasteiger partial charge in [0.1, 0.15) is 6.04 Å². The van der Waals surface area contributed by atoms with Crippen LogP contribution in [-0.4, -0.2) is 29.6 Å². The van der Waals surface area contributed by atoms with Crippen molar-refractivity contribution in [1.29, 1.82) is 0 Å². The zero-order valence-electron chi connectivity index (χ0n) is 11.2. The molecule has 2 unspecified atom stereocenters. The van der Waals surface area contributed by atoms with Crippen LogP contribution in [0.5, 0.6) is 0 Å². The minimum atomic E-state index is -0.868. The van der Waals surface area contributed by atoms with Crippen LogP contribution in [0, 0.1) is 5.92 Å². The summed E-state index contributed by atoms with van der Waals surface area (Å²) < 4.78 is 0.588. The van der Waals surface area contributed by atoms with Crippen LogP contribution in [0.3, 0.4) is 0 Å². The van der Waals surface area contributed by atoms with Crippen molar-refractivity contribution in [2.45, 2.75) is 25.8 Å². The predicted molar refractivity (Wildman–Crippen MR) is 79.8 cm³/mol. The van der Waals surface area contributed by atoms with E-state index in [0.29, 0.717) is 22.3 Å². The molecular formula is C14H17BrN2O3. The maximum absolute atomic E-state index is 11.7. The lowest BCUT2D eigenvalue weighted by Crippen LogP contribution is -2.50. The van der Waals surface area contributed by atoms with E-state index in [1.807, 2.05) is 6.92 Å². The fourth-order valence-corrected chi connectivity index (χ4v) is 3.38. The molecule has 0 radical (unpaired) electrons. The topological polar surface area (TPSA) is 83.6 Å². The molecule has 1 saturated heterocycles. The standard InChI is InChI=1S/C14H17BrN2O3/c1-8-4-3-7-17(12(8)14(19)20)10-6-2-5-9(15)11(10)13(16)18/h2,5-6,8,12H,3-4,7H2,1H3,(H2,16,18)(H,19,20). The van der Waals surface area contributed by atoms with Crippen molar-refractivity contribution in [2.75, 3.05) is 11.4 Å². The summed E-state index contributed by atoms with van der Waals surface area (Å²) in [5.74, 6) is -1.40. The lowest BCUT2D eigenvalue weighted by atomic mass is 9.89. The fourth-order valence-electron chi connectivity index (χ4n) is 2.83. The van der Waals surface area contributed by atoms with Gasteiger partial charge in [-0.25, -0.2) is 4.79 Å². The Kier molecular flexibility index (Phi) is 4.32. The summed E-state index contributed by atoms with van der Waals surface area (Å²) in [6, 6.07) is 4.63. The highest BCUT2D eigenvalue weighted by Gasteiger charge is 2.36. The molecule has 3 N–H and O–H groups in total. The highest BCUT2D eigenvalue weighted by atomic mass is 79.9. The Labute approximate surface area is 125 Å². The number of amides is 1. The molecule has 1 aliphatic rings. The number of primary amides is 1. The maximum Gasteiger partial charge on any atom is 0.326 e. The normalized spacial score (nSPS) is 22.6. The summed E-state index contributed by atoms with van der Waals surface area (Å²) in [4.78, 5) is 25.0. The molecular weight excluding hydrogens is 324 g/mol. The van der Waals surface area contributed by atoms with Gasteiger partial charge in [-0.3, -0.25) is 4.79 Å². The average molecular weight is 341 g/mol. The van der Waals surface area contributed by atoms with E-state index in [1.54, 1.807) is 23.1 Å². The first-order chi connectivity index (χ1) is 9.43. The van der Waals surface area contributed by atoms with Crippen molar-refractivity contribution in [3.05, 3.63) is 28.2 Å². The van der Waals surface area contributed by atoms with E-state index >= 15 is 0 Å². The Morgan fingerprint density at radius 1 is 1.45 bits per heavy atom. The summed E-state index contributed by atoms with van der Waals surface area (Å²) in [7, 11) is 0. The fraction of sp³-hybridized carbons (Fsp3) is 0.429. The first kappa shape index (κ1) is 14.8. The summed E-state index contributed by atoms with van der Waals surface area (Å²) in [5.41, 5.74) is 6.36. The number of piperidine rings is 1. The summed E-state index contributed by atoms with van der Waals surface area (Å²) >= 11 is 3.31. The third-order valence-corrected chi connectivity index (χ3v) is 4.39. The summed E-state index contributed by atoms with van der Waals surface area (Å²) in [6.45, 7) is 2.53. The number of nitrogens with zero attached hydrogens (tertiary/aromatic N) is 1. The van der Waals surface area contributed by atoms with E-state index in [2.05, 4.69) is 15.9 Å². The Bertz CT molecular complexity index is 547. The molecule has 0 aromatic heterocycles. The van der Waals surface area contributed by atoms with Crippen LogP contribution in [0.4, 0.5) is 5.69 Å². The van der Waals surface area contributed by atoms with Gasteiger partial charge in [0.15, 0.2) is 0 Å². The van der Waals surface area contributed by atoms with Crippen molar-refractivity contribution in [2.24, 2.45) is 11.7 Å². The van der Waals surface area contributed by atoms with Crippen molar-refractivity contribution in [3.63, 3.8) is 0 Å². The Balaban J connectivity index is 2.51. The number of aliphatic carboxylic acids is 1. The van der Waals surface area contributed by atoms with E-state index in [0.717, 1.165) is 12.8 Å². The molecule has 1 aromatic rings. The van der Waals surface area contributed by atoms with Gasteiger partial charge in [0.25, 0.3) is 5.91 Å². The first-order valence-electron chi connectivity index (χ1n) is 6.51. The van der Waals surface area contributed by atoms with Crippen molar-refractivity contribution >= 4 is 33.5 Å². The summed E-state index contributed by atoms with van der Waals surface area (Å²) in [6.07, 6.45) is 1.77. The van der Waals surface area contributed by atoms with Gasteiger partial charge in [-0.1, -0.05) is 13.0 Å². The molecule has 5 nitrogen and oxygen atoms in total. The van der Waals surface area contributed by atoms with Crippen LogP contribution in [0.15, 0.2) is 22.7 Å². The molecule has 1 aliphatic heterocycles. The van der Waals surface area contributed by atoms with Gasteiger partial charge < -0.3 is 15.7 Å². The lowest BCUT2D eigenvalue weighted by molar-refractivity contribution is -0.140. The second-order valence-electron chi connectivity index (χ2n) is 5.09. The second-order valence-corrected chi connectivity index (χ2v) is 5.95. The predicted octanol–water partition coefficient (Wildman–Crippen LogP) is 2.24. The van der Waals surface area contributed by atoms with Crippen LogP contribution in [0.25, 0.3) is 0 Å². The maximum atomic E-state index is 11.7. The third-order valence-electron chi connectivity index (χ3n) is 3.73. The number of rotatable bonds is 3. The van der Waals surface area contributed by atoms with Gasteiger partial charge in [-0.05, 0) is 46.8 Å². The van der Waals surface area contributed by atoms with Crippen LogP contribution in [0.2, 0.25) is 0 Å². The molecule has 6 heteroatoms. The van der Waals surface area contributed by atoms with Crippen molar-refractivity contribution < 1.29 is 14.7 Å². The number of benzene rings is 1. The molecule has 1 fully saturated rings. The minimum Gasteiger partial charge on any atom is -0.480 e. The monoisotopic (exact) mass is 340 g/mol. The zero-order valence-corrected chi connectivity index (χ0v) is 12.8. The molecule has 2 atom stereocenters. The molecule has 2 rings (SSSR count). The van der Waals surface area contributed by atoms with Crippen LogP contribution >= 0.6 is 15.9 Å². The number of nitrogens with two attached hydrogens (primary N) is 1. The number of anilines is 1. The number of carboxylic acid groups (broad SMARTS) is 1. The Morgan fingerprint density at radius 2 is 2.15 bits per heavy atom. The van der Waals surface area contributed by atoms with Gasteiger partial charge in [0, 0.05) is 11.0 Å². The molecule has 108 valence electrons. The van der Waals surface area contributed by atoms with E-state index in [9.17, 15) is 14.7 Å². The molecule has 1 heterocycles. The van der Waals surface area contributed by atoms with Crippen molar-refractivity contribution in [3.8, 4) is 0 Å². The molecule has 0 aliphatic carbocycles. The zero-order chi connectivity index (χ0) is 14.9. The van der Waals surface area contributed by atoms with Gasteiger partial charge in [0.05, 0.1) is 11.3 Å². The first-order valence-corrected chi connectivity index (χ1v) is 7.30. The molecule has 20 heavy (non-hydrogen) atoms. The van der Waals surface area contributed by atoms with E-state index < -0.39 is 17.9 Å². The van der Waals surface area contributed by atoms with E-state index in [-0.39, 0.29) is 5.92 Å². The minimum absolute atomic E-state index is 0.0287. The quantitative estimate of drug-likeness (QED) is 0.883. The van der Waals surface area contributed by atoms with E-state index in [4.69, 9.17) is 5.73 Å². The number of hydrogen-bond donors (Lipinski definition) is 2. The number of hydrogen-bond acceptors (Lipinski definition) is 3. The SMILES string of the molecule is CC1CCCN(c2cccc(Br)c2C(N)=O)C1C(=O)O.